The van der Waals surface area contributed by atoms with E-state index in [1.54, 1.807) is 23.9 Å². The Bertz CT molecular complexity index is 615. The Morgan fingerprint density at radius 1 is 1.32 bits per heavy atom. The summed E-state index contributed by atoms with van der Waals surface area (Å²) in [4.78, 5) is 12.2. The van der Waals surface area contributed by atoms with Crippen molar-refractivity contribution in [3.8, 4) is 5.75 Å². The number of nitrogens with zero attached hydrogens (tertiary/aromatic N) is 2. The predicted octanol–water partition coefficient (Wildman–Crippen LogP) is 2.70. The number of carbonyl (C=O) groups is 1. The quantitative estimate of drug-likeness (QED) is 0.792. The van der Waals surface area contributed by atoms with E-state index in [9.17, 15) is 4.79 Å². The molecule has 0 saturated heterocycles. The standard InChI is InChI=1S/C15H18N2O2/c1-10-11(2)16-17(12(10)3)9-15(18)13-6-5-7-14(8-13)19-4/h5-8H,9H2,1-4H3. The van der Waals surface area contributed by atoms with Crippen LogP contribution in [0, 0.1) is 20.8 Å². The third-order valence-electron chi connectivity index (χ3n) is 3.43. The van der Waals surface area contributed by atoms with Gasteiger partial charge in [-0.1, -0.05) is 12.1 Å². The number of Topliss-reactive ketones (excluding diaryl/α,β-unsaturated/α-hetero) is 1. The Hall–Kier alpha value is -2.10. The van der Waals surface area contributed by atoms with Gasteiger partial charge in [0.15, 0.2) is 5.78 Å². The minimum atomic E-state index is 0.0319. The molecule has 100 valence electrons. The molecule has 0 aliphatic carbocycles. The smallest absolute Gasteiger partial charge is 0.184 e. The van der Waals surface area contributed by atoms with Crippen molar-refractivity contribution in [2.75, 3.05) is 7.11 Å². The average Bonchev–Trinajstić information content (AvgIpc) is 2.66. The van der Waals surface area contributed by atoms with Crippen molar-refractivity contribution >= 4 is 5.78 Å². The first-order valence-corrected chi connectivity index (χ1v) is 6.20. The molecule has 19 heavy (non-hydrogen) atoms. The van der Waals surface area contributed by atoms with Crippen LogP contribution in [0.15, 0.2) is 24.3 Å². The molecule has 0 bridgehead atoms. The molecule has 1 heterocycles. The minimum Gasteiger partial charge on any atom is -0.497 e. The van der Waals surface area contributed by atoms with Crippen molar-refractivity contribution in [3.05, 3.63) is 46.8 Å². The maximum Gasteiger partial charge on any atom is 0.184 e. The fourth-order valence-electron chi connectivity index (χ4n) is 1.96. The fraction of sp³-hybridized carbons (Fsp3) is 0.333. The molecule has 0 radical (unpaired) electrons. The summed E-state index contributed by atoms with van der Waals surface area (Å²) in [7, 11) is 1.59. The number of benzene rings is 1. The van der Waals surface area contributed by atoms with E-state index in [1.165, 1.54) is 0 Å². The molecule has 0 fully saturated rings. The molecule has 1 aromatic carbocycles. The largest absolute Gasteiger partial charge is 0.497 e. The maximum atomic E-state index is 12.2. The first-order chi connectivity index (χ1) is 9.02. The average molecular weight is 258 g/mol. The fourth-order valence-corrected chi connectivity index (χ4v) is 1.96. The SMILES string of the molecule is COc1cccc(C(=O)Cn2nc(C)c(C)c2C)c1. The number of aryl methyl sites for hydroxylation is 1. The predicted molar refractivity (Wildman–Crippen MR) is 73.8 cm³/mol. The van der Waals surface area contributed by atoms with Gasteiger partial charge in [-0.25, -0.2) is 0 Å². The highest BCUT2D eigenvalue weighted by molar-refractivity contribution is 5.96. The molecule has 0 atom stereocenters. The van der Waals surface area contributed by atoms with Crippen molar-refractivity contribution in [1.82, 2.24) is 9.78 Å². The van der Waals surface area contributed by atoms with Crippen molar-refractivity contribution < 1.29 is 9.53 Å². The molecular weight excluding hydrogens is 240 g/mol. The van der Waals surface area contributed by atoms with Gasteiger partial charge in [0.1, 0.15) is 12.3 Å². The van der Waals surface area contributed by atoms with Crippen LogP contribution in [-0.2, 0) is 6.54 Å². The zero-order valence-corrected chi connectivity index (χ0v) is 11.7. The van der Waals surface area contributed by atoms with Crippen LogP contribution in [0.5, 0.6) is 5.75 Å². The summed E-state index contributed by atoms with van der Waals surface area (Å²) >= 11 is 0. The van der Waals surface area contributed by atoms with Crippen LogP contribution >= 0.6 is 0 Å². The molecule has 4 heteroatoms. The monoisotopic (exact) mass is 258 g/mol. The van der Waals surface area contributed by atoms with Gasteiger partial charge in [-0.2, -0.15) is 5.10 Å². The van der Waals surface area contributed by atoms with Crippen LogP contribution < -0.4 is 4.74 Å². The van der Waals surface area contributed by atoms with E-state index in [-0.39, 0.29) is 12.3 Å². The number of rotatable bonds is 4. The summed E-state index contributed by atoms with van der Waals surface area (Å²) < 4.78 is 6.88. The summed E-state index contributed by atoms with van der Waals surface area (Å²) in [6.07, 6.45) is 0. The number of ether oxygens (including phenoxy) is 1. The van der Waals surface area contributed by atoms with Crippen molar-refractivity contribution in [2.24, 2.45) is 0 Å². The number of methoxy groups -OCH3 is 1. The van der Waals surface area contributed by atoms with E-state index >= 15 is 0 Å². The number of carbonyl (C=O) groups excluding carboxylic acids is 1. The lowest BCUT2D eigenvalue weighted by molar-refractivity contribution is 0.0966. The Balaban J connectivity index is 2.23. The van der Waals surface area contributed by atoms with Crippen LogP contribution in [-0.4, -0.2) is 22.7 Å². The second-order valence-electron chi connectivity index (χ2n) is 4.61. The molecular formula is C15H18N2O2. The van der Waals surface area contributed by atoms with Crippen LogP contribution in [0.4, 0.5) is 0 Å². The Labute approximate surface area is 113 Å². The second kappa shape index (κ2) is 5.26. The second-order valence-corrected chi connectivity index (χ2v) is 4.61. The molecule has 4 nitrogen and oxygen atoms in total. The van der Waals surface area contributed by atoms with Gasteiger partial charge in [0.05, 0.1) is 12.8 Å². The van der Waals surface area contributed by atoms with Gasteiger partial charge in [0, 0.05) is 11.3 Å². The lowest BCUT2D eigenvalue weighted by Crippen LogP contribution is -2.13. The molecule has 0 aliphatic heterocycles. The Morgan fingerprint density at radius 3 is 2.63 bits per heavy atom. The first kappa shape index (κ1) is 13.3. The molecule has 2 aromatic rings. The zero-order chi connectivity index (χ0) is 14.0. The summed E-state index contributed by atoms with van der Waals surface area (Å²) in [5.41, 5.74) is 3.78. The Kier molecular flexibility index (Phi) is 3.69. The van der Waals surface area contributed by atoms with E-state index < -0.39 is 0 Å². The van der Waals surface area contributed by atoms with E-state index in [0.717, 1.165) is 17.0 Å². The third kappa shape index (κ3) is 2.67. The maximum absolute atomic E-state index is 12.2. The van der Waals surface area contributed by atoms with Gasteiger partial charge in [-0.3, -0.25) is 9.48 Å². The highest BCUT2D eigenvalue weighted by Crippen LogP contribution is 2.15. The third-order valence-corrected chi connectivity index (χ3v) is 3.43. The molecule has 0 spiro atoms. The van der Waals surface area contributed by atoms with E-state index in [2.05, 4.69) is 5.10 Å². The topological polar surface area (TPSA) is 44.1 Å². The highest BCUT2D eigenvalue weighted by Gasteiger charge is 2.12. The first-order valence-electron chi connectivity index (χ1n) is 6.20. The lowest BCUT2D eigenvalue weighted by Gasteiger charge is -2.06. The van der Waals surface area contributed by atoms with Crippen LogP contribution in [0.25, 0.3) is 0 Å². The number of hydrogen-bond donors (Lipinski definition) is 0. The van der Waals surface area contributed by atoms with E-state index in [0.29, 0.717) is 11.3 Å². The molecule has 0 unspecified atom stereocenters. The molecule has 0 amide bonds. The van der Waals surface area contributed by atoms with Gasteiger partial charge in [0.25, 0.3) is 0 Å². The number of ketones is 1. The van der Waals surface area contributed by atoms with Crippen molar-refractivity contribution in [3.63, 3.8) is 0 Å². The van der Waals surface area contributed by atoms with Gasteiger partial charge < -0.3 is 4.74 Å². The summed E-state index contributed by atoms with van der Waals surface area (Å²) in [5.74, 6) is 0.722. The van der Waals surface area contributed by atoms with E-state index in [4.69, 9.17) is 4.74 Å². The molecule has 0 saturated carbocycles. The van der Waals surface area contributed by atoms with Gasteiger partial charge >= 0.3 is 0 Å². The van der Waals surface area contributed by atoms with Crippen LogP contribution in [0.1, 0.15) is 27.3 Å². The summed E-state index contributed by atoms with van der Waals surface area (Å²) in [6.45, 7) is 6.21. The van der Waals surface area contributed by atoms with Gasteiger partial charge in [0.2, 0.25) is 0 Å². The highest BCUT2D eigenvalue weighted by atomic mass is 16.5. The summed E-state index contributed by atoms with van der Waals surface area (Å²) in [6, 6.07) is 7.19. The zero-order valence-electron chi connectivity index (χ0n) is 11.7. The molecule has 2 rings (SSSR count). The number of aromatic nitrogens is 2. The number of hydrogen-bond acceptors (Lipinski definition) is 3. The van der Waals surface area contributed by atoms with Crippen molar-refractivity contribution in [1.29, 1.82) is 0 Å². The molecule has 0 aliphatic rings. The van der Waals surface area contributed by atoms with Gasteiger partial charge in [-0.15, -0.1) is 0 Å². The summed E-state index contributed by atoms with van der Waals surface area (Å²) in [5, 5.41) is 4.38. The lowest BCUT2D eigenvalue weighted by atomic mass is 10.1. The van der Waals surface area contributed by atoms with Crippen LogP contribution in [0.3, 0.4) is 0 Å². The van der Waals surface area contributed by atoms with Crippen molar-refractivity contribution in [2.45, 2.75) is 27.3 Å². The van der Waals surface area contributed by atoms with Gasteiger partial charge in [-0.05, 0) is 38.5 Å². The van der Waals surface area contributed by atoms with Crippen LogP contribution in [0.2, 0.25) is 0 Å². The normalized spacial score (nSPS) is 10.5. The minimum absolute atomic E-state index is 0.0319. The molecule has 1 aromatic heterocycles. The van der Waals surface area contributed by atoms with E-state index in [1.807, 2.05) is 32.9 Å². The molecule has 0 N–H and O–H groups in total. The Morgan fingerprint density at radius 2 is 2.05 bits per heavy atom.